The molecular formula is C27H25F3N4O7. The molecule has 2 aromatic carbocycles. The van der Waals surface area contributed by atoms with Crippen molar-refractivity contribution in [1.82, 2.24) is 4.57 Å². The number of nitrogens with two attached hydrogens (primary N) is 1. The number of cyclic esters (lactones) is 1. The van der Waals surface area contributed by atoms with Gasteiger partial charge in [-0.25, -0.2) is 14.0 Å². The molecule has 0 saturated carbocycles. The zero-order valence-electron chi connectivity index (χ0n) is 21.7. The number of ether oxygens (including phenoxy) is 2. The van der Waals surface area contributed by atoms with E-state index in [1.54, 1.807) is 25.1 Å². The molecular weight excluding hydrogens is 549 g/mol. The smallest absolute Gasteiger partial charge is 0.415 e. The lowest BCUT2D eigenvalue weighted by Gasteiger charge is -2.28. The van der Waals surface area contributed by atoms with Crippen LogP contribution in [0.1, 0.15) is 34.8 Å². The molecule has 3 aromatic rings. The third kappa shape index (κ3) is 5.00. The monoisotopic (exact) mass is 574 g/mol. The van der Waals surface area contributed by atoms with E-state index in [1.165, 1.54) is 14.4 Å². The van der Waals surface area contributed by atoms with E-state index in [0.29, 0.717) is 18.5 Å². The maximum atomic E-state index is 15.7. The molecule has 0 spiro atoms. The van der Waals surface area contributed by atoms with Gasteiger partial charge >= 0.3 is 18.7 Å². The molecule has 2 aliphatic heterocycles. The van der Waals surface area contributed by atoms with E-state index in [4.69, 9.17) is 15.2 Å². The number of carboxylic acids is 1. The number of halogens is 3. The second-order valence-electron chi connectivity index (χ2n) is 9.64. The van der Waals surface area contributed by atoms with Crippen LogP contribution in [0.25, 0.3) is 10.9 Å². The molecule has 1 saturated heterocycles. The highest BCUT2D eigenvalue weighted by molar-refractivity contribution is 5.97. The van der Waals surface area contributed by atoms with Crippen molar-refractivity contribution in [2.75, 3.05) is 22.9 Å². The van der Waals surface area contributed by atoms with Gasteiger partial charge in [-0.15, -0.1) is 0 Å². The van der Waals surface area contributed by atoms with Crippen molar-refractivity contribution < 1.29 is 42.1 Å². The predicted octanol–water partition coefficient (Wildman–Crippen LogP) is 3.22. The van der Waals surface area contributed by atoms with E-state index in [-0.39, 0.29) is 37.4 Å². The molecule has 5 rings (SSSR count). The van der Waals surface area contributed by atoms with Gasteiger partial charge in [-0.3, -0.25) is 14.5 Å². The van der Waals surface area contributed by atoms with Gasteiger partial charge in [0.2, 0.25) is 5.43 Å². The van der Waals surface area contributed by atoms with Gasteiger partial charge in [0.25, 0.3) is 5.91 Å². The first-order valence-corrected chi connectivity index (χ1v) is 12.7. The first kappa shape index (κ1) is 27.8. The summed E-state index contributed by atoms with van der Waals surface area (Å²) in [7, 11) is 0. The van der Waals surface area contributed by atoms with E-state index in [0.717, 1.165) is 23.4 Å². The average Bonchev–Trinajstić information content (AvgIpc) is 3.18. The fourth-order valence-electron chi connectivity index (χ4n) is 5.31. The molecule has 3 heterocycles. The Morgan fingerprint density at radius 2 is 1.98 bits per heavy atom. The van der Waals surface area contributed by atoms with Gasteiger partial charge in [0, 0.05) is 31.5 Å². The molecule has 11 nitrogen and oxygen atoms in total. The summed E-state index contributed by atoms with van der Waals surface area (Å²) in [5.41, 5.74) is 5.20. The SMILES string of the molecule is CCn1cc(C(=O)O)c(=O)c2cc(F)c(N3CCCc4cc(N5CC(C(N)=O)OC5=O)ccc4C3)c(OC(F)F)c21. The number of benzene rings is 2. The molecule has 216 valence electrons. The number of nitrogens with zero attached hydrogens (tertiary/aromatic N) is 3. The summed E-state index contributed by atoms with van der Waals surface area (Å²) < 4.78 is 54.2. The van der Waals surface area contributed by atoms with E-state index in [2.05, 4.69) is 0 Å². The van der Waals surface area contributed by atoms with Crippen LogP contribution in [-0.2, 0) is 29.0 Å². The summed E-state index contributed by atoms with van der Waals surface area (Å²) in [6.45, 7) is -1.39. The van der Waals surface area contributed by atoms with Crippen molar-refractivity contribution in [2.45, 2.75) is 45.6 Å². The highest BCUT2D eigenvalue weighted by atomic mass is 19.3. The van der Waals surface area contributed by atoms with Gasteiger partial charge in [0.05, 0.1) is 17.4 Å². The van der Waals surface area contributed by atoms with Crippen LogP contribution in [0.4, 0.5) is 29.3 Å². The molecule has 2 amide bonds. The number of pyridine rings is 1. The number of primary amides is 1. The molecule has 0 aliphatic carbocycles. The molecule has 1 unspecified atom stereocenters. The highest BCUT2D eigenvalue weighted by Crippen LogP contribution is 2.41. The standard InChI is InChI=1S/C27H25F3N4O7/c1-2-32-11-17(25(37)38)22(35)16-9-18(28)21(23(20(16)32)41-26(29)30)33-7-3-4-13-8-15(6-5-14(13)10-33)34-12-19(24(31)36)40-27(34)39/h5-6,8-9,11,19,26H,2-4,7,10,12H2,1H3,(H2,31,36)(H,37,38). The number of fused-ring (bicyclic) bond motifs is 2. The second-order valence-corrected chi connectivity index (χ2v) is 9.64. The zero-order chi connectivity index (χ0) is 29.6. The minimum atomic E-state index is -3.36. The molecule has 1 atom stereocenters. The predicted molar refractivity (Wildman–Crippen MR) is 140 cm³/mol. The van der Waals surface area contributed by atoms with Crippen LogP contribution in [0.15, 0.2) is 35.3 Å². The minimum Gasteiger partial charge on any atom is -0.477 e. The number of anilines is 2. The van der Waals surface area contributed by atoms with Crippen LogP contribution < -0.4 is 25.7 Å². The van der Waals surface area contributed by atoms with Crippen LogP contribution in [0.5, 0.6) is 5.75 Å². The zero-order valence-corrected chi connectivity index (χ0v) is 21.7. The lowest BCUT2D eigenvalue weighted by Crippen LogP contribution is -2.32. The molecule has 41 heavy (non-hydrogen) atoms. The summed E-state index contributed by atoms with van der Waals surface area (Å²) in [6.07, 6.45) is 0.203. The van der Waals surface area contributed by atoms with Crippen molar-refractivity contribution in [1.29, 1.82) is 0 Å². The Morgan fingerprint density at radius 3 is 2.61 bits per heavy atom. The van der Waals surface area contributed by atoms with Gasteiger partial charge in [-0.05, 0) is 49.1 Å². The number of alkyl halides is 2. The van der Waals surface area contributed by atoms with Gasteiger partial charge in [-0.1, -0.05) is 6.07 Å². The fraction of sp³-hybridized carbons (Fsp3) is 0.333. The second kappa shape index (κ2) is 10.7. The van der Waals surface area contributed by atoms with Gasteiger partial charge < -0.3 is 29.8 Å². The summed E-state index contributed by atoms with van der Waals surface area (Å²) in [5.74, 6) is -3.88. The number of carbonyl (C=O) groups excluding carboxylic acids is 2. The van der Waals surface area contributed by atoms with Crippen molar-refractivity contribution in [3.05, 3.63) is 63.2 Å². The number of amides is 2. The molecule has 3 N–H and O–H groups in total. The number of aromatic carboxylic acids is 1. The normalized spacial score (nSPS) is 17.0. The molecule has 1 fully saturated rings. The molecule has 14 heteroatoms. The first-order valence-electron chi connectivity index (χ1n) is 12.7. The third-order valence-corrected chi connectivity index (χ3v) is 7.20. The number of rotatable bonds is 7. The van der Waals surface area contributed by atoms with E-state index in [1.807, 2.05) is 0 Å². The number of carboxylic acid groups (broad SMARTS) is 1. The average molecular weight is 575 g/mol. The highest BCUT2D eigenvalue weighted by Gasteiger charge is 2.36. The lowest BCUT2D eigenvalue weighted by molar-refractivity contribution is -0.124. The third-order valence-electron chi connectivity index (χ3n) is 7.20. The Bertz CT molecular complexity index is 1640. The quantitative estimate of drug-likeness (QED) is 0.438. The minimum absolute atomic E-state index is 0.0432. The summed E-state index contributed by atoms with van der Waals surface area (Å²) >= 11 is 0. The maximum Gasteiger partial charge on any atom is 0.415 e. The summed E-state index contributed by atoms with van der Waals surface area (Å²) in [4.78, 5) is 51.0. The van der Waals surface area contributed by atoms with Crippen LogP contribution in [0.3, 0.4) is 0 Å². The van der Waals surface area contributed by atoms with Crippen molar-refractivity contribution in [3.8, 4) is 5.75 Å². The Labute approximate surface area is 230 Å². The van der Waals surface area contributed by atoms with Crippen molar-refractivity contribution >= 4 is 40.2 Å². The molecule has 0 radical (unpaired) electrons. The Kier molecular flexibility index (Phi) is 7.24. The first-order chi connectivity index (χ1) is 19.5. The van der Waals surface area contributed by atoms with E-state index >= 15 is 4.39 Å². The van der Waals surface area contributed by atoms with Crippen LogP contribution >= 0.6 is 0 Å². The number of aromatic nitrogens is 1. The van der Waals surface area contributed by atoms with Gasteiger partial charge in [0.15, 0.2) is 17.7 Å². The number of carbonyl (C=O) groups is 3. The summed E-state index contributed by atoms with van der Waals surface area (Å²) in [5, 5.41) is 9.04. The number of aryl methyl sites for hydroxylation is 2. The van der Waals surface area contributed by atoms with E-state index < -0.39 is 58.6 Å². The lowest BCUT2D eigenvalue weighted by atomic mass is 10.0. The van der Waals surface area contributed by atoms with Crippen LogP contribution in [0.2, 0.25) is 0 Å². The Balaban J connectivity index is 1.59. The van der Waals surface area contributed by atoms with Gasteiger partial charge in [-0.2, -0.15) is 8.78 Å². The number of hydrogen-bond donors (Lipinski definition) is 2. The Morgan fingerprint density at radius 1 is 1.22 bits per heavy atom. The summed E-state index contributed by atoms with van der Waals surface area (Å²) in [6, 6.07) is 5.94. The molecule has 2 aliphatic rings. The molecule has 0 bridgehead atoms. The fourth-order valence-corrected chi connectivity index (χ4v) is 5.31. The van der Waals surface area contributed by atoms with Crippen LogP contribution in [-0.4, -0.2) is 53.4 Å². The topological polar surface area (TPSA) is 144 Å². The van der Waals surface area contributed by atoms with Crippen molar-refractivity contribution in [3.63, 3.8) is 0 Å². The van der Waals surface area contributed by atoms with Gasteiger partial charge in [0.1, 0.15) is 11.3 Å². The number of hydrogen-bond acceptors (Lipinski definition) is 7. The van der Waals surface area contributed by atoms with Crippen molar-refractivity contribution in [2.24, 2.45) is 5.73 Å². The Hall–Kier alpha value is -4.75. The largest absolute Gasteiger partial charge is 0.477 e. The van der Waals surface area contributed by atoms with E-state index in [9.17, 15) is 33.1 Å². The molecule has 1 aromatic heterocycles. The maximum absolute atomic E-state index is 15.7. The van der Waals surface area contributed by atoms with Crippen LogP contribution in [0, 0.1) is 5.82 Å².